The normalized spacial score (nSPS) is 14.8. The molecule has 0 spiro atoms. The van der Waals surface area contributed by atoms with Crippen LogP contribution in [0.3, 0.4) is 0 Å². The lowest BCUT2D eigenvalue weighted by molar-refractivity contribution is -0.119. The minimum atomic E-state index is -3.58. The number of para-hydroxylation sites is 1. The van der Waals surface area contributed by atoms with E-state index in [1.165, 1.54) is 10.4 Å². The molecule has 2 N–H and O–H groups in total. The average molecular weight is 473 g/mol. The highest BCUT2D eigenvalue weighted by atomic mass is 32.2. The summed E-state index contributed by atoms with van der Waals surface area (Å²) in [5.74, 6) is -0.540. The number of carbonyl (C=O) groups excluding carboxylic acids is 2. The van der Waals surface area contributed by atoms with Crippen LogP contribution in [-0.2, 0) is 19.6 Å². The fraction of sp³-hybridized carbons (Fsp3) is 0.417. The van der Waals surface area contributed by atoms with E-state index in [-0.39, 0.29) is 29.8 Å². The van der Waals surface area contributed by atoms with E-state index in [1.807, 2.05) is 32.0 Å². The van der Waals surface area contributed by atoms with Crippen LogP contribution in [-0.4, -0.2) is 62.7 Å². The summed E-state index contributed by atoms with van der Waals surface area (Å²) in [7, 11) is -1.90. The Morgan fingerprint density at radius 1 is 0.909 bits per heavy atom. The van der Waals surface area contributed by atoms with Gasteiger partial charge >= 0.3 is 0 Å². The smallest absolute Gasteiger partial charge is 0.243 e. The standard InChI is InChI=1S/C24H32N4O4S/c1-18-9-7-10-19(2)24(18)26-23(30)17-27(3)16-22(29)25-20-11-8-12-21(15-20)33(31,32)28-13-5-4-6-14-28/h7-12,15H,4-6,13-14,16-17H2,1-3H3,(H,25,29)(H,26,30). The van der Waals surface area contributed by atoms with Gasteiger partial charge in [-0.2, -0.15) is 4.31 Å². The van der Waals surface area contributed by atoms with E-state index in [2.05, 4.69) is 10.6 Å². The molecule has 1 aliphatic rings. The number of aryl methyl sites for hydroxylation is 2. The van der Waals surface area contributed by atoms with Crippen LogP contribution in [0.4, 0.5) is 11.4 Å². The molecule has 0 bridgehead atoms. The summed E-state index contributed by atoms with van der Waals surface area (Å²) < 4.78 is 27.3. The van der Waals surface area contributed by atoms with Gasteiger partial charge in [0.1, 0.15) is 0 Å². The summed E-state index contributed by atoms with van der Waals surface area (Å²) in [6.07, 6.45) is 2.76. The van der Waals surface area contributed by atoms with Gasteiger partial charge in [-0.3, -0.25) is 14.5 Å². The number of hydrogen-bond acceptors (Lipinski definition) is 5. The van der Waals surface area contributed by atoms with Gasteiger partial charge in [0.15, 0.2) is 0 Å². The van der Waals surface area contributed by atoms with Crippen molar-refractivity contribution in [2.24, 2.45) is 0 Å². The molecule has 2 aromatic rings. The topological polar surface area (TPSA) is 98.8 Å². The van der Waals surface area contributed by atoms with Gasteiger partial charge in [-0.1, -0.05) is 30.7 Å². The van der Waals surface area contributed by atoms with Crippen LogP contribution in [0.15, 0.2) is 47.4 Å². The summed E-state index contributed by atoms with van der Waals surface area (Å²) >= 11 is 0. The first-order valence-corrected chi connectivity index (χ1v) is 12.6. The van der Waals surface area contributed by atoms with Gasteiger partial charge < -0.3 is 10.6 Å². The largest absolute Gasteiger partial charge is 0.325 e. The summed E-state index contributed by atoms with van der Waals surface area (Å²) in [4.78, 5) is 26.7. The SMILES string of the molecule is Cc1cccc(C)c1NC(=O)CN(C)CC(=O)Nc1cccc(S(=O)(=O)N2CCCCC2)c1. The molecule has 2 aromatic carbocycles. The highest BCUT2D eigenvalue weighted by Gasteiger charge is 2.26. The minimum Gasteiger partial charge on any atom is -0.325 e. The van der Waals surface area contributed by atoms with Crippen LogP contribution in [0.2, 0.25) is 0 Å². The number of benzene rings is 2. The Kier molecular flexibility index (Phi) is 8.23. The van der Waals surface area contributed by atoms with Gasteiger partial charge in [-0.25, -0.2) is 8.42 Å². The second kappa shape index (κ2) is 10.9. The van der Waals surface area contributed by atoms with Crippen molar-refractivity contribution in [3.05, 3.63) is 53.6 Å². The van der Waals surface area contributed by atoms with Gasteiger partial charge in [0.05, 0.1) is 18.0 Å². The number of sulfonamides is 1. The quantitative estimate of drug-likeness (QED) is 0.615. The molecule has 0 atom stereocenters. The Morgan fingerprint density at radius 3 is 2.12 bits per heavy atom. The second-order valence-electron chi connectivity index (χ2n) is 8.53. The average Bonchev–Trinajstić information content (AvgIpc) is 2.77. The monoisotopic (exact) mass is 472 g/mol. The maximum Gasteiger partial charge on any atom is 0.243 e. The highest BCUT2D eigenvalue weighted by molar-refractivity contribution is 7.89. The van der Waals surface area contributed by atoms with Crippen molar-refractivity contribution in [2.45, 2.75) is 38.0 Å². The summed E-state index contributed by atoms with van der Waals surface area (Å²) in [6, 6.07) is 12.1. The number of amides is 2. The molecule has 33 heavy (non-hydrogen) atoms. The molecule has 1 aliphatic heterocycles. The lowest BCUT2D eigenvalue weighted by atomic mass is 10.1. The third-order valence-corrected chi connectivity index (χ3v) is 7.54. The zero-order valence-electron chi connectivity index (χ0n) is 19.4. The Morgan fingerprint density at radius 2 is 1.48 bits per heavy atom. The van der Waals surface area contributed by atoms with Gasteiger partial charge in [0, 0.05) is 24.5 Å². The predicted molar refractivity (Wildman–Crippen MR) is 130 cm³/mol. The van der Waals surface area contributed by atoms with Crippen molar-refractivity contribution >= 4 is 33.2 Å². The first kappa shape index (κ1) is 24.9. The van der Waals surface area contributed by atoms with Crippen molar-refractivity contribution in [2.75, 3.05) is 43.9 Å². The van der Waals surface area contributed by atoms with Crippen LogP contribution in [0.5, 0.6) is 0 Å². The van der Waals surface area contributed by atoms with Crippen molar-refractivity contribution in [3.63, 3.8) is 0 Å². The van der Waals surface area contributed by atoms with E-state index in [0.29, 0.717) is 18.8 Å². The molecule has 1 fully saturated rings. The zero-order valence-corrected chi connectivity index (χ0v) is 20.2. The third-order valence-electron chi connectivity index (χ3n) is 5.64. The molecular formula is C24H32N4O4S. The van der Waals surface area contributed by atoms with Gasteiger partial charge in [-0.15, -0.1) is 0 Å². The summed E-state index contributed by atoms with van der Waals surface area (Å²) in [6.45, 7) is 4.94. The van der Waals surface area contributed by atoms with E-state index in [1.54, 1.807) is 30.1 Å². The minimum absolute atomic E-state index is 0.0106. The van der Waals surface area contributed by atoms with Crippen LogP contribution in [0.1, 0.15) is 30.4 Å². The number of nitrogens with one attached hydrogen (secondary N) is 2. The number of rotatable bonds is 8. The first-order chi connectivity index (χ1) is 15.7. The number of nitrogens with zero attached hydrogens (tertiary/aromatic N) is 2. The van der Waals surface area contributed by atoms with Crippen LogP contribution in [0, 0.1) is 13.8 Å². The zero-order chi connectivity index (χ0) is 24.0. The van der Waals surface area contributed by atoms with E-state index >= 15 is 0 Å². The number of anilines is 2. The molecule has 0 aromatic heterocycles. The molecule has 0 unspecified atom stereocenters. The van der Waals surface area contributed by atoms with Crippen LogP contribution < -0.4 is 10.6 Å². The van der Waals surface area contributed by atoms with Crippen molar-refractivity contribution in [3.8, 4) is 0 Å². The van der Waals surface area contributed by atoms with Crippen LogP contribution in [0.25, 0.3) is 0 Å². The Labute approximate surface area is 196 Å². The molecule has 1 heterocycles. The molecule has 0 aliphatic carbocycles. The fourth-order valence-electron chi connectivity index (χ4n) is 3.93. The number of carbonyl (C=O) groups is 2. The summed E-state index contributed by atoms with van der Waals surface area (Å²) in [5.41, 5.74) is 3.14. The molecular weight excluding hydrogens is 440 g/mol. The molecule has 2 amide bonds. The lowest BCUT2D eigenvalue weighted by Crippen LogP contribution is -2.36. The maximum absolute atomic E-state index is 12.9. The number of likely N-dealkylation sites (N-methyl/N-ethyl adjacent to an activating group) is 1. The fourth-order valence-corrected chi connectivity index (χ4v) is 5.49. The van der Waals surface area contributed by atoms with E-state index in [9.17, 15) is 18.0 Å². The van der Waals surface area contributed by atoms with Crippen LogP contribution >= 0.6 is 0 Å². The predicted octanol–water partition coefficient (Wildman–Crippen LogP) is 2.99. The molecule has 0 saturated carbocycles. The summed E-state index contributed by atoms with van der Waals surface area (Å²) in [5, 5.41) is 5.64. The van der Waals surface area contributed by atoms with Crippen molar-refractivity contribution in [1.82, 2.24) is 9.21 Å². The maximum atomic E-state index is 12.9. The van der Waals surface area contributed by atoms with Gasteiger partial charge in [-0.05, 0) is 63.1 Å². The first-order valence-electron chi connectivity index (χ1n) is 11.1. The lowest BCUT2D eigenvalue weighted by Gasteiger charge is -2.26. The molecule has 178 valence electrons. The molecule has 1 saturated heterocycles. The van der Waals surface area contributed by atoms with E-state index in [4.69, 9.17) is 0 Å². The van der Waals surface area contributed by atoms with Gasteiger partial charge in [0.25, 0.3) is 0 Å². The van der Waals surface area contributed by atoms with Crippen molar-refractivity contribution in [1.29, 1.82) is 0 Å². The van der Waals surface area contributed by atoms with Gasteiger partial charge in [0.2, 0.25) is 21.8 Å². The third kappa shape index (κ3) is 6.63. The molecule has 0 radical (unpaired) electrons. The Hall–Kier alpha value is -2.75. The Balaban J connectivity index is 1.56. The Bertz CT molecular complexity index is 1090. The molecule has 9 heteroatoms. The van der Waals surface area contributed by atoms with E-state index < -0.39 is 10.0 Å². The molecule has 3 rings (SSSR count). The molecule has 8 nitrogen and oxygen atoms in total. The van der Waals surface area contributed by atoms with Crippen molar-refractivity contribution < 1.29 is 18.0 Å². The van der Waals surface area contributed by atoms with E-state index in [0.717, 1.165) is 36.1 Å². The number of hydrogen-bond donors (Lipinski definition) is 2. The number of piperidine rings is 1. The highest BCUT2D eigenvalue weighted by Crippen LogP contribution is 2.23. The second-order valence-corrected chi connectivity index (χ2v) is 10.5.